The Labute approximate surface area is 62.4 Å². The second-order valence-corrected chi connectivity index (χ2v) is 4.89. The Bertz CT molecular complexity index is 326. The maximum Gasteiger partial charge on any atom is 0.253 e. The smallest absolute Gasteiger partial charge is 0.253 e. The van der Waals surface area contributed by atoms with Crippen LogP contribution in [0.3, 0.4) is 0 Å². The van der Waals surface area contributed by atoms with E-state index in [4.69, 9.17) is 4.55 Å². The van der Waals surface area contributed by atoms with Gasteiger partial charge in [-0.3, -0.25) is 4.55 Å². The summed E-state index contributed by atoms with van der Waals surface area (Å²) in [5.41, 5.74) is -0.764. The van der Waals surface area contributed by atoms with Crippen LogP contribution in [0.1, 0.15) is 0 Å². The highest BCUT2D eigenvalue weighted by Gasteiger charge is 2.14. The van der Waals surface area contributed by atoms with Crippen molar-refractivity contribution in [3.63, 3.8) is 0 Å². The lowest BCUT2D eigenvalue weighted by Crippen LogP contribution is -2.31. The van der Waals surface area contributed by atoms with Crippen LogP contribution in [0.5, 0.6) is 0 Å². The number of halogens is 2. The second-order valence-electron chi connectivity index (χ2n) is 1.46. The molecular weight excluding hydrogens is 204 g/mol. The molecule has 2 N–H and O–H groups in total. The van der Waals surface area contributed by atoms with Crippen molar-refractivity contribution < 1.29 is 26.0 Å². The van der Waals surface area contributed by atoms with Crippen LogP contribution < -0.4 is 4.13 Å². The van der Waals surface area contributed by atoms with E-state index in [2.05, 4.69) is 0 Å². The van der Waals surface area contributed by atoms with Crippen molar-refractivity contribution >= 4 is 25.6 Å². The molecule has 0 aromatic carbocycles. The molecule has 9 heteroatoms. The van der Waals surface area contributed by atoms with Crippen LogP contribution in [-0.4, -0.2) is 28.8 Å². The Morgan fingerprint density at radius 1 is 1.45 bits per heavy atom. The van der Waals surface area contributed by atoms with Gasteiger partial charge in [-0.05, 0) is 0 Å². The molecule has 0 aliphatic heterocycles. The van der Waals surface area contributed by atoms with Gasteiger partial charge in [0, 0.05) is 0 Å². The van der Waals surface area contributed by atoms with E-state index in [-0.39, 0.29) is 0 Å². The van der Waals surface area contributed by atoms with E-state index in [1.807, 2.05) is 0 Å². The van der Waals surface area contributed by atoms with E-state index in [0.717, 1.165) is 4.13 Å². The van der Waals surface area contributed by atoms with Crippen molar-refractivity contribution in [3.8, 4) is 0 Å². The summed E-state index contributed by atoms with van der Waals surface area (Å²) in [6.07, 6.45) is 0. The number of sulfonamides is 1. The highest BCUT2D eigenvalue weighted by atomic mass is 32.3. The molecule has 0 rings (SSSR count). The van der Waals surface area contributed by atoms with Gasteiger partial charge < -0.3 is 0 Å². The van der Waals surface area contributed by atoms with Crippen molar-refractivity contribution in [2.45, 2.75) is 0 Å². The molecule has 0 heterocycles. The molecule has 1 unspecified atom stereocenters. The predicted molar refractivity (Wildman–Crippen MR) is 36.0 cm³/mol. The summed E-state index contributed by atoms with van der Waals surface area (Å²) in [6, 6.07) is -1.88. The SMILES string of the molecule is O=S(=O)(CF)NS(=O)(O)=CF. The molecule has 5 nitrogen and oxygen atoms in total. The standard InChI is InChI=1S/C2H5F2NO4S2/c3-1-10(6,7)5-11(8,9)2-4/h1H,2H2,(H2,5,6,7). The van der Waals surface area contributed by atoms with Gasteiger partial charge in [0.2, 0.25) is 6.01 Å². The first-order valence-electron chi connectivity index (χ1n) is 2.10. The average molecular weight is 209 g/mol. The van der Waals surface area contributed by atoms with E-state index >= 15 is 0 Å². The molecular formula is C2H5F2NO4S2. The van der Waals surface area contributed by atoms with Gasteiger partial charge in [-0.1, -0.05) is 0 Å². The number of alkyl halides is 1. The normalized spacial score (nSPS) is 17.4. The molecule has 0 radical (unpaired) electrons. The Morgan fingerprint density at radius 3 is 2.18 bits per heavy atom. The summed E-state index contributed by atoms with van der Waals surface area (Å²) >= 11 is 0. The maximum atomic E-state index is 11.4. The first-order valence-corrected chi connectivity index (χ1v) is 5.33. The second kappa shape index (κ2) is 3.43. The number of nitrogens with one attached hydrogen (secondary N) is 1. The highest BCUT2D eigenvalue weighted by Crippen LogP contribution is 1.88. The predicted octanol–water partition coefficient (Wildman–Crippen LogP) is -0.766. The van der Waals surface area contributed by atoms with Crippen LogP contribution in [0, 0.1) is 0 Å². The summed E-state index contributed by atoms with van der Waals surface area (Å²) < 4.78 is 62.4. The van der Waals surface area contributed by atoms with Gasteiger partial charge in [0.15, 0.2) is 15.6 Å². The number of hydrogen-bond donors (Lipinski definition) is 2. The molecule has 0 aromatic heterocycles. The van der Waals surface area contributed by atoms with E-state index in [9.17, 15) is 21.4 Å². The molecule has 0 saturated heterocycles. The molecule has 0 fully saturated rings. The lowest BCUT2D eigenvalue weighted by Gasteiger charge is -2.00. The third-order valence-electron chi connectivity index (χ3n) is 0.511. The molecule has 0 bridgehead atoms. The van der Waals surface area contributed by atoms with Gasteiger partial charge in [0.05, 0.1) is 0 Å². The van der Waals surface area contributed by atoms with Gasteiger partial charge in [0.1, 0.15) is 0 Å². The first-order chi connectivity index (χ1) is 4.83. The third kappa shape index (κ3) is 4.24. The minimum absolute atomic E-state index is 0.764. The third-order valence-corrected chi connectivity index (χ3v) is 3.01. The molecule has 0 aliphatic rings. The Hall–Kier alpha value is -0.250. The van der Waals surface area contributed by atoms with Gasteiger partial charge in [-0.25, -0.2) is 21.4 Å². The largest absolute Gasteiger partial charge is 0.300 e. The highest BCUT2D eigenvalue weighted by molar-refractivity contribution is 8.06. The lowest BCUT2D eigenvalue weighted by atomic mass is 11.8. The van der Waals surface area contributed by atoms with Crippen LogP contribution in [0.2, 0.25) is 0 Å². The summed E-state index contributed by atoms with van der Waals surface area (Å²) in [4.78, 5) is 0. The fourth-order valence-corrected chi connectivity index (χ4v) is 2.00. The van der Waals surface area contributed by atoms with Crippen LogP contribution in [0.25, 0.3) is 0 Å². The lowest BCUT2D eigenvalue weighted by molar-refractivity contribution is 0.522. The van der Waals surface area contributed by atoms with Crippen molar-refractivity contribution in [1.29, 1.82) is 0 Å². The molecule has 68 valence electrons. The fourth-order valence-electron chi connectivity index (χ4n) is 0.222. The van der Waals surface area contributed by atoms with E-state index in [1.165, 1.54) is 0 Å². The van der Waals surface area contributed by atoms with Gasteiger partial charge >= 0.3 is 0 Å². The van der Waals surface area contributed by atoms with E-state index in [1.54, 1.807) is 0 Å². The van der Waals surface area contributed by atoms with Crippen molar-refractivity contribution in [3.05, 3.63) is 0 Å². The Kier molecular flexibility index (Phi) is 3.35. The van der Waals surface area contributed by atoms with E-state index < -0.39 is 31.6 Å². The molecule has 0 spiro atoms. The summed E-state index contributed by atoms with van der Waals surface area (Å²) in [5, 5.41) is 0. The summed E-state index contributed by atoms with van der Waals surface area (Å²) in [5.74, 6) is 0. The maximum absolute atomic E-state index is 11.4. The Morgan fingerprint density at radius 2 is 1.91 bits per heavy atom. The van der Waals surface area contributed by atoms with E-state index in [0.29, 0.717) is 0 Å². The number of rotatable bonds is 3. The van der Waals surface area contributed by atoms with Crippen LogP contribution in [0.15, 0.2) is 0 Å². The molecule has 1 atom stereocenters. The van der Waals surface area contributed by atoms with Crippen LogP contribution in [-0.2, 0) is 20.0 Å². The number of hydrogen-bond acceptors (Lipinski definition) is 3. The molecule has 0 aliphatic carbocycles. The van der Waals surface area contributed by atoms with Gasteiger partial charge in [0.25, 0.3) is 10.0 Å². The van der Waals surface area contributed by atoms with Gasteiger partial charge in [-0.2, -0.15) is 0 Å². The quantitative estimate of drug-likeness (QED) is 0.472. The van der Waals surface area contributed by atoms with Crippen molar-refractivity contribution in [2.75, 3.05) is 6.01 Å². The first kappa shape index (κ1) is 10.8. The Balaban J connectivity index is 4.69. The summed E-state index contributed by atoms with van der Waals surface area (Å²) in [7, 11) is -8.91. The minimum Gasteiger partial charge on any atom is -0.300 e. The monoisotopic (exact) mass is 209 g/mol. The summed E-state index contributed by atoms with van der Waals surface area (Å²) in [6.45, 7) is 0. The zero-order valence-corrected chi connectivity index (χ0v) is 6.66. The molecule has 0 saturated carbocycles. The zero-order chi connectivity index (χ0) is 9.12. The zero-order valence-electron chi connectivity index (χ0n) is 5.03. The van der Waals surface area contributed by atoms with Crippen molar-refractivity contribution in [2.24, 2.45) is 0 Å². The fraction of sp³-hybridized carbons (Fsp3) is 0.500. The van der Waals surface area contributed by atoms with Gasteiger partial charge in [-0.15, -0.1) is 4.13 Å². The van der Waals surface area contributed by atoms with Crippen LogP contribution >= 0.6 is 0 Å². The average Bonchev–Trinajstić information content (AvgIpc) is 1.86. The van der Waals surface area contributed by atoms with Crippen molar-refractivity contribution in [1.82, 2.24) is 4.13 Å². The minimum atomic E-state index is -4.50. The topological polar surface area (TPSA) is 83.5 Å². The molecule has 0 amide bonds. The van der Waals surface area contributed by atoms with Crippen LogP contribution in [0.4, 0.5) is 8.78 Å². The molecule has 0 aromatic rings. The molecule has 11 heavy (non-hydrogen) atoms.